The smallest absolute Gasteiger partial charge is 0.0695 e. The van der Waals surface area contributed by atoms with Crippen molar-refractivity contribution in [1.82, 2.24) is 0 Å². The third kappa shape index (κ3) is 0.998. The molecule has 1 aromatic carbocycles. The second kappa shape index (κ2) is 2.34. The Hall–Kier alpha value is -1.31. The molecule has 0 spiro atoms. The van der Waals surface area contributed by atoms with Gasteiger partial charge in [-0.1, -0.05) is 0 Å². The number of hydrogen-bond acceptors (Lipinski definition) is 2. The van der Waals surface area contributed by atoms with E-state index in [9.17, 15) is 0 Å². The fourth-order valence-electron chi connectivity index (χ4n) is 1.68. The van der Waals surface area contributed by atoms with E-state index in [0.29, 0.717) is 0 Å². The normalized spacial score (nSPS) is 14.3. The van der Waals surface area contributed by atoms with Crippen molar-refractivity contribution in [3.8, 4) is 0 Å². The number of nitrogen functional groups attached to an aromatic ring is 1. The summed E-state index contributed by atoms with van der Waals surface area (Å²) in [4.78, 5) is 4.45. The van der Waals surface area contributed by atoms with Gasteiger partial charge in [0.25, 0.3) is 0 Å². The van der Waals surface area contributed by atoms with E-state index < -0.39 is 0 Å². The minimum atomic E-state index is 0.844. The first-order valence-electron chi connectivity index (χ1n) is 4.10. The standard InChI is InChI=1S/C10H12N2/c1-6-3-9(11)5-8-4-7(2)12-10(6)8/h3,5H,4,11H2,1-2H3. The van der Waals surface area contributed by atoms with Crippen LogP contribution in [-0.2, 0) is 6.42 Å². The van der Waals surface area contributed by atoms with Crippen LogP contribution in [0, 0.1) is 6.92 Å². The first kappa shape index (κ1) is 7.35. The number of aryl methyl sites for hydroxylation is 1. The zero-order valence-electron chi connectivity index (χ0n) is 7.39. The zero-order valence-corrected chi connectivity index (χ0v) is 7.39. The lowest BCUT2D eigenvalue weighted by Crippen LogP contribution is -1.91. The highest BCUT2D eigenvalue weighted by Crippen LogP contribution is 2.32. The van der Waals surface area contributed by atoms with Crippen molar-refractivity contribution in [3.63, 3.8) is 0 Å². The van der Waals surface area contributed by atoms with Crippen LogP contribution in [0.5, 0.6) is 0 Å². The van der Waals surface area contributed by atoms with Crippen LogP contribution in [0.2, 0.25) is 0 Å². The lowest BCUT2D eigenvalue weighted by molar-refractivity contribution is 1.35. The van der Waals surface area contributed by atoms with E-state index in [0.717, 1.165) is 17.8 Å². The minimum Gasteiger partial charge on any atom is -0.399 e. The molecule has 2 N–H and O–H groups in total. The van der Waals surface area contributed by atoms with Gasteiger partial charge in [0.1, 0.15) is 0 Å². The van der Waals surface area contributed by atoms with Crippen molar-refractivity contribution in [2.24, 2.45) is 4.99 Å². The third-order valence-corrected chi connectivity index (χ3v) is 2.15. The quantitative estimate of drug-likeness (QED) is 0.581. The fourth-order valence-corrected chi connectivity index (χ4v) is 1.68. The number of rotatable bonds is 0. The van der Waals surface area contributed by atoms with Crippen LogP contribution in [0.1, 0.15) is 18.1 Å². The van der Waals surface area contributed by atoms with E-state index in [1.54, 1.807) is 0 Å². The maximum atomic E-state index is 5.73. The molecule has 1 aliphatic heterocycles. The summed E-state index contributed by atoms with van der Waals surface area (Å²) >= 11 is 0. The van der Waals surface area contributed by atoms with Crippen LogP contribution >= 0.6 is 0 Å². The van der Waals surface area contributed by atoms with Gasteiger partial charge in [-0.15, -0.1) is 0 Å². The minimum absolute atomic E-state index is 0.844. The number of hydrogen-bond donors (Lipinski definition) is 1. The van der Waals surface area contributed by atoms with Crippen LogP contribution in [0.3, 0.4) is 0 Å². The van der Waals surface area contributed by atoms with Crippen molar-refractivity contribution >= 4 is 17.1 Å². The molecule has 0 amide bonds. The lowest BCUT2D eigenvalue weighted by atomic mass is 10.1. The summed E-state index contributed by atoms with van der Waals surface area (Å²) < 4.78 is 0. The van der Waals surface area contributed by atoms with Gasteiger partial charge in [-0.2, -0.15) is 0 Å². The summed E-state index contributed by atoms with van der Waals surface area (Å²) in [5.41, 5.74) is 11.3. The molecule has 0 radical (unpaired) electrons. The molecule has 0 saturated carbocycles. The van der Waals surface area contributed by atoms with Gasteiger partial charge in [0, 0.05) is 17.8 Å². The average molecular weight is 160 g/mol. The van der Waals surface area contributed by atoms with E-state index >= 15 is 0 Å². The second-order valence-electron chi connectivity index (χ2n) is 3.37. The number of nitrogens with zero attached hydrogens (tertiary/aromatic N) is 1. The van der Waals surface area contributed by atoms with Crippen LogP contribution in [0.25, 0.3) is 0 Å². The number of aliphatic imine (C=N–C) groups is 1. The van der Waals surface area contributed by atoms with Crippen LogP contribution in [0.4, 0.5) is 11.4 Å². The van der Waals surface area contributed by atoms with Gasteiger partial charge >= 0.3 is 0 Å². The largest absolute Gasteiger partial charge is 0.399 e. The Balaban J connectivity index is 2.62. The van der Waals surface area contributed by atoms with E-state index in [4.69, 9.17) is 5.73 Å². The van der Waals surface area contributed by atoms with E-state index in [-0.39, 0.29) is 0 Å². The average Bonchev–Trinajstić information content (AvgIpc) is 2.29. The molecule has 0 aromatic heterocycles. The number of anilines is 1. The van der Waals surface area contributed by atoms with Crippen molar-refractivity contribution in [1.29, 1.82) is 0 Å². The molecule has 1 aliphatic rings. The Morgan fingerprint density at radius 3 is 2.83 bits per heavy atom. The highest BCUT2D eigenvalue weighted by atomic mass is 14.8. The Bertz CT molecular complexity index is 364. The molecule has 12 heavy (non-hydrogen) atoms. The van der Waals surface area contributed by atoms with Crippen molar-refractivity contribution in [3.05, 3.63) is 23.3 Å². The zero-order chi connectivity index (χ0) is 8.72. The molecule has 1 aromatic rings. The molecule has 2 heteroatoms. The molecule has 62 valence electrons. The molecular weight excluding hydrogens is 148 g/mol. The molecule has 0 saturated heterocycles. The van der Waals surface area contributed by atoms with Crippen LogP contribution < -0.4 is 5.73 Å². The van der Waals surface area contributed by atoms with Crippen molar-refractivity contribution in [2.75, 3.05) is 5.73 Å². The summed E-state index contributed by atoms with van der Waals surface area (Å²) in [6, 6.07) is 3.99. The maximum absolute atomic E-state index is 5.73. The summed E-state index contributed by atoms with van der Waals surface area (Å²) in [5.74, 6) is 0. The lowest BCUT2D eigenvalue weighted by Gasteiger charge is -2.02. The second-order valence-corrected chi connectivity index (χ2v) is 3.37. The summed E-state index contributed by atoms with van der Waals surface area (Å²) in [7, 11) is 0. The predicted molar refractivity (Wildman–Crippen MR) is 52.1 cm³/mol. The molecule has 0 unspecified atom stereocenters. The van der Waals surface area contributed by atoms with Gasteiger partial charge in [-0.3, -0.25) is 4.99 Å². The molecule has 0 aliphatic carbocycles. The van der Waals surface area contributed by atoms with E-state index in [1.165, 1.54) is 16.8 Å². The highest BCUT2D eigenvalue weighted by molar-refractivity contribution is 5.93. The maximum Gasteiger partial charge on any atom is 0.0695 e. The highest BCUT2D eigenvalue weighted by Gasteiger charge is 2.13. The van der Waals surface area contributed by atoms with Gasteiger partial charge in [0.05, 0.1) is 5.69 Å². The number of benzene rings is 1. The Kier molecular flexibility index (Phi) is 1.43. The van der Waals surface area contributed by atoms with E-state index in [2.05, 4.69) is 18.8 Å². The summed E-state index contributed by atoms with van der Waals surface area (Å²) in [5, 5.41) is 0. The van der Waals surface area contributed by atoms with Crippen molar-refractivity contribution < 1.29 is 0 Å². The van der Waals surface area contributed by atoms with Gasteiger partial charge in [0.2, 0.25) is 0 Å². The van der Waals surface area contributed by atoms with Gasteiger partial charge in [0.15, 0.2) is 0 Å². The first-order valence-corrected chi connectivity index (χ1v) is 4.10. The SMILES string of the molecule is CC1=Nc2c(C)cc(N)cc2C1. The third-order valence-electron chi connectivity index (χ3n) is 2.15. The molecular formula is C10H12N2. The molecule has 2 nitrogen and oxygen atoms in total. The van der Waals surface area contributed by atoms with E-state index in [1.807, 2.05) is 12.1 Å². The van der Waals surface area contributed by atoms with Crippen LogP contribution in [0.15, 0.2) is 17.1 Å². The Morgan fingerprint density at radius 1 is 1.33 bits per heavy atom. The molecule has 0 fully saturated rings. The first-order chi connectivity index (χ1) is 5.66. The van der Waals surface area contributed by atoms with Gasteiger partial charge < -0.3 is 5.73 Å². The number of fused-ring (bicyclic) bond motifs is 1. The Labute approximate surface area is 72.1 Å². The van der Waals surface area contributed by atoms with Gasteiger partial charge in [-0.25, -0.2) is 0 Å². The molecule has 1 heterocycles. The van der Waals surface area contributed by atoms with Gasteiger partial charge in [-0.05, 0) is 37.1 Å². The molecule has 2 rings (SSSR count). The molecule has 0 bridgehead atoms. The topological polar surface area (TPSA) is 38.4 Å². The van der Waals surface area contributed by atoms with Crippen molar-refractivity contribution in [2.45, 2.75) is 20.3 Å². The monoisotopic (exact) mass is 160 g/mol. The number of nitrogens with two attached hydrogens (primary N) is 1. The fraction of sp³-hybridized carbons (Fsp3) is 0.300. The predicted octanol–water partition coefficient (Wildman–Crippen LogP) is 2.23. The Morgan fingerprint density at radius 2 is 2.08 bits per heavy atom. The summed E-state index contributed by atoms with van der Waals surface area (Å²) in [6.45, 7) is 4.10. The van der Waals surface area contributed by atoms with Crippen LogP contribution in [-0.4, -0.2) is 5.71 Å². The molecule has 0 atom stereocenters. The summed E-state index contributed by atoms with van der Waals surface area (Å²) in [6.07, 6.45) is 0.960.